The first-order chi connectivity index (χ1) is 9.79. The van der Waals surface area contributed by atoms with E-state index >= 15 is 0 Å². The summed E-state index contributed by atoms with van der Waals surface area (Å²) in [5.41, 5.74) is 2.94. The summed E-state index contributed by atoms with van der Waals surface area (Å²) < 4.78 is 1.11. The van der Waals surface area contributed by atoms with E-state index in [2.05, 4.69) is 33.9 Å². The Morgan fingerprint density at radius 1 is 1.25 bits per heavy atom. The summed E-state index contributed by atoms with van der Waals surface area (Å²) in [6, 6.07) is 10.1. The molecule has 0 N–H and O–H groups in total. The molecule has 0 radical (unpaired) electrons. The van der Waals surface area contributed by atoms with Crippen molar-refractivity contribution in [3.8, 4) is 11.3 Å². The number of hydrogen-bond acceptors (Lipinski definition) is 5. The van der Waals surface area contributed by atoms with E-state index in [0.29, 0.717) is 0 Å². The molecule has 0 unspecified atom stereocenters. The number of aromatic nitrogens is 3. The van der Waals surface area contributed by atoms with E-state index in [-0.39, 0.29) is 0 Å². The lowest BCUT2D eigenvalue weighted by molar-refractivity contribution is 0.956. The maximum Gasteiger partial charge on any atom is 0.146 e. The molecule has 3 rings (SSSR count). The summed E-state index contributed by atoms with van der Waals surface area (Å²) in [7, 11) is 0. The number of hydrogen-bond donors (Lipinski definition) is 0. The predicted molar refractivity (Wildman–Crippen MR) is 86.3 cm³/mol. The van der Waals surface area contributed by atoms with Gasteiger partial charge in [-0.05, 0) is 6.92 Å². The van der Waals surface area contributed by atoms with Gasteiger partial charge in [0.05, 0.1) is 9.71 Å². The van der Waals surface area contributed by atoms with Crippen LogP contribution in [0.3, 0.4) is 0 Å². The first-order valence-corrected chi connectivity index (χ1v) is 8.02. The molecule has 2 heterocycles. The molecule has 3 nitrogen and oxygen atoms in total. The van der Waals surface area contributed by atoms with E-state index < -0.39 is 0 Å². The fourth-order valence-electron chi connectivity index (χ4n) is 1.94. The fourth-order valence-corrected chi connectivity index (χ4v) is 3.59. The van der Waals surface area contributed by atoms with Crippen molar-refractivity contribution in [3.05, 3.63) is 48.0 Å². The number of rotatable bonds is 4. The summed E-state index contributed by atoms with van der Waals surface area (Å²) >= 11 is 3.29. The average Bonchev–Trinajstić information content (AvgIpc) is 2.87. The Morgan fingerprint density at radius 3 is 2.80 bits per heavy atom. The fraction of sp³-hybridized carbons (Fsp3) is 0.133. The molecule has 0 amide bonds. The molecule has 0 spiro atoms. The molecule has 0 aliphatic rings. The molecule has 5 heteroatoms. The zero-order chi connectivity index (χ0) is 13.9. The van der Waals surface area contributed by atoms with Crippen molar-refractivity contribution in [2.75, 3.05) is 5.75 Å². The maximum atomic E-state index is 4.61. The van der Waals surface area contributed by atoms with E-state index in [0.717, 1.165) is 37.3 Å². The largest absolute Gasteiger partial charge is 0.238 e. The first kappa shape index (κ1) is 13.3. The van der Waals surface area contributed by atoms with Crippen LogP contribution in [0.4, 0.5) is 0 Å². The highest BCUT2D eigenvalue weighted by atomic mass is 32.2. The standard InChI is InChI=1S/C15H13N3S2/c1-3-9-19-15-13-14(20-10(2)16-13)12(17-18-15)11-7-5-4-6-8-11/h3-8H,1,9H2,2H3. The Balaban J connectivity index is 2.18. The van der Waals surface area contributed by atoms with Crippen molar-refractivity contribution >= 4 is 33.3 Å². The Labute approximate surface area is 125 Å². The van der Waals surface area contributed by atoms with Crippen molar-refractivity contribution in [1.82, 2.24) is 15.2 Å². The molecular formula is C15H13N3S2. The highest BCUT2D eigenvalue weighted by molar-refractivity contribution is 7.99. The van der Waals surface area contributed by atoms with Gasteiger partial charge < -0.3 is 0 Å². The summed E-state index contributed by atoms with van der Waals surface area (Å²) in [4.78, 5) is 4.61. The Morgan fingerprint density at radius 2 is 2.05 bits per heavy atom. The van der Waals surface area contributed by atoms with Gasteiger partial charge in [-0.3, -0.25) is 0 Å². The van der Waals surface area contributed by atoms with Crippen molar-refractivity contribution < 1.29 is 0 Å². The third-order valence-corrected chi connectivity index (χ3v) is 4.71. The zero-order valence-electron chi connectivity index (χ0n) is 11.0. The van der Waals surface area contributed by atoms with Crippen LogP contribution < -0.4 is 0 Å². The minimum atomic E-state index is 0.811. The molecule has 0 saturated heterocycles. The Kier molecular flexibility index (Phi) is 3.80. The van der Waals surface area contributed by atoms with Crippen LogP contribution in [0.5, 0.6) is 0 Å². The lowest BCUT2D eigenvalue weighted by Crippen LogP contribution is -1.92. The SMILES string of the molecule is C=CCSc1nnc(-c2ccccc2)c2sc(C)nc12. The maximum absolute atomic E-state index is 4.61. The van der Waals surface area contributed by atoms with Gasteiger partial charge in [-0.15, -0.1) is 28.1 Å². The molecule has 0 bridgehead atoms. The highest BCUT2D eigenvalue weighted by Crippen LogP contribution is 2.35. The van der Waals surface area contributed by atoms with Gasteiger partial charge in [-0.1, -0.05) is 48.2 Å². The number of nitrogens with zero attached hydrogens (tertiary/aromatic N) is 3. The lowest BCUT2D eigenvalue weighted by atomic mass is 10.1. The van der Waals surface area contributed by atoms with Crippen LogP contribution in [0.2, 0.25) is 0 Å². The van der Waals surface area contributed by atoms with Gasteiger partial charge in [0, 0.05) is 11.3 Å². The molecule has 0 aliphatic heterocycles. The molecule has 20 heavy (non-hydrogen) atoms. The van der Waals surface area contributed by atoms with Crippen LogP contribution in [-0.2, 0) is 0 Å². The van der Waals surface area contributed by atoms with Crippen LogP contribution in [-0.4, -0.2) is 20.9 Å². The van der Waals surface area contributed by atoms with Gasteiger partial charge in [0.15, 0.2) is 0 Å². The predicted octanol–water partition coefficient (Wildman–Crippen LogP) is 4.34. The second-order valence-electron chi connectivity index (χ2n) is 4.23. The van der Waals surface area contributed by atoms with Gasteiger partial charge in [0.1, 0.15) is 16.2 Å². The van der Waals surface area contributed by atoms with Crippen LogP contribution in [0.1, 0.15) is 5.01 Å². The van der Waals surface area contributed by atoms with Gasteiger partial charge in [-0.2, -0.15) is 0 Å². The number of fused-ring (bicyclic) bond motifs is 1. The lowest BCUT2D eigenvalue weighted by Gasteiger charge is -2.03. The Hall–Kier alpha value is -1.72. The molecule has 0 fully saturated rings. The third kappa shape index (κ3) is 2.46. The minimum Gasteiger partial charge on any atom is -0.238 e. The van der Waals surface area contributed by atoms with Gasteiger partial charge >= 0.3 is 0 Å². The number of benzene rings is 1. The second kappa shape index (κ2) is 5.73. The molecular weight excluding hydrogens is 286 g/mol. The first-order valence-electron chi connectivity index (χ1n) is 6.22. The smallest absolute Gasteiger partial charge is 0.146 e. The summed E-state index contributed by atoms with van der Waals surface area (Å²) in [6.07, 6.45) is 1.86. The molecule has 0 aliphatic carbocycles. The average molecular weight is 299 g/mol. The van der Waals surface area contributed by atoms with Crippen LogP contribution in [0.15, 0.2) is 48.0 Å². The Bertz CT molecular complexity index is 750. The number of thioether (sulfide) groups is 1. The van der Waals surface area contributed by atoms with Crippen molar-refractivity contribution in [2.45, 2.75) is 11.9 Å². The van der Waals surface area contributed by atoms with E-state index in [4.69, 9.17) is 0 Å². The van der Waals surface area contributed by atoms with Gasteiger partial charge in [0.2, 0.25) is 0 Å². The van der Waals surface area contributed by atoms with Crippen molar-refractivity contribution in [3.63, 3.8) is 0 Å². The normalized spacial score (nSPS) is 10.8. The van der Waals surface area contributed by atoms with E-state index in [9.17, 15) is 0 Å². The van der Waals surface area contributed by atoms with Gasteiger partial charge in [-0.25, -0.2) is 4.98 Å². The van der Waals surface area contributed by atoms with Gasteiger partial charge in [0.25, 0.3) is 0 Å². The molecule has 0 atom stereocenters. The van der Waals surface area contributed by atoms with Crippen molar-refractivity contribution in [1.29, 1.82) is 0 Å². The molecule has 2 aromatic heterocycles. The summed E-state index contributed by atoms with van der Waals surface area (Å²) in [5, 5.41) is 10.7. The molecule has 3 aromatic rings. The minimum absolute atomic E-state index is 0.811. The van der Waals surface area contributed by atoms with E-state index in [1.54, 1.807) is 23.1 Å². The third-order valence-electron chi connectivity index (χ3n) is 2.78. The zero-order valence-corrected chi connectivity index (χ0v) is 12.7. The summed E-state index contributed by atoms with van der Waals surface area (Å²) in [6.45, 7) is 5.75. The monoisotopic (exact) mass is 299 g/mol. The topological polar surface area (TPSA) is 38.7 Å². The molecule has 0 saturated carbocycles. The van der Waals surface area contributed by atoms with Crippen LogP contribution in [0.25, 0.3) is 21.5 Å². The van der Waals surface area contributed by atoms with Crippen LogP contribution >= 0.6 is 23.1 Å². The van der Waals surface area contributed by atoms with Crippen LogP contribution in [0, 0.1) is 6.92 Å². The second-order valence-corrected chi connectivity index (χ2v) is 6.44. The molecule has 100 valence electrons. The summed E-state index contributed by atoms with van der Waals surface area (Å²) in [5.74, 6) is 0.811. The highest BCUT2D eigenvalue weighted by Gasteiger charge is 2.15. The van der Waals surface area contributed by atoms with Crippen molar-refractivity contribution in [2.24, 2.45) is 0 Å². The van der Waals surface area contributed by atoms with E-state index in [1.807, 2.05) is 31.2 Å². The molecule has 1 aromatic carbocycles. The van der Waals surface area contributed by atoms with E-state index in [1.165, 1.54) is 0 Å². The number of thiazole rings is 1. The number of aryl methyl sites for hydroxylation is 1. The quantitative estimate of drug-likeness (QED) is 0.530.